The Hall–Kier alpha value is -1.66. The van der Waals surface area contributed by atoms with Crippen LogP contribution in [-0.2, 0) is 33.3 Å². The van der Waals surface area contributed by atoms with E-state index in [1.807, 2.05) is 19.9 Å². The highest BCUT2D eigenvalue weighted by molar-refractivity contribution is 5.90. The van der Waals surface area contributed by atoms with Crippen molar-refractivity contribution >= 4 is 11.8 Å². The molecule has 220 valence electrons. The molecule has 3 N–H and O–H groups in total. The molecule has 0 radical (unpaired) electrons. The van der Waals surface area contributed by atoms with E-state index in [1.54, 1.807) is 6.92 Å². The first-order valence-electron chi connectivity index (χ1n) is 14.6. The summed E-state index contributed by atoms with van der Waals surface area (Å²) in [7, 11) is 1.53. The first kappa shape index (κ1) is 27.2. The Kier molecular flexibility index (Phi) is 5.91. The maximum absolute atomic E-state index is 14.3. The first-order valence-corrected chi connectivity index (χ1v) is 14.6. The van der Waals surface area contributed by atoms with Gasteiger partial charge in [0.25, 0.3) is 0 Å². The molecule has 40 heavy (non-hydrogen) atoms. The number of esters is 1. The van der Waals surface area contributed by atoms with Gasteiger partial charge in [-0.2, -0.15) is 0 Å². The molecule has 2 saturated heterocycles. The topological polar surface area (TPSA) is 141 Å². The Bertz CT molecular complexity index is 1200. The number of hydrogen-bond acceptors (Lipinski definition) is 10. The van der Waals surface area contributed by atoms with E-state index in [0.29, 0.717) is 38.5 Å². The zero-order valence-corrected chi connectivity index (χ0v) is 23.5. The molecule has 0 aromatic carbocycles. The van der Waals surface area contributed by atoms with E-state index in [1.165, 1.54) is 13.2 Å². The van der Waals surface area contributed by atoms with Crippen LogP contribution in [0, 0.1) is 28.6 Å². The number of aliphatic hydroxyl groups is 3. The van der Waals surface area contributed by atoms with Gasteiger partial charge in [0.1, 0.15) is 24.9 Å². The number of ether oxygens (including phenoxy) is 5. The Morgan fingerprint density at radius 3 is 2.60 bits per heavy atom. The third-order valence-electron chi connectivity index (χ3n) is 11.9. The number of carbonyl (C=O) groups is 2. The predicted molar refractivity (Wildman–Crippen MR) is 137 cm³/mol. The lowest BCUT2D eigenvalue weighted by Gasteiger charge is -2.63. The number of allylic oxidation sites excluding steroid dienone is 1. The summed E-state index contributed by atoms with van der Waals surface area (Å²) < 4.78 is 29.3. The average molecular weight is 561 g/mol. The molecule has 0 bridgehead atoms. The highest BCUT2D eigenvalue weighted by Crippen LogP contribution is 2.68. The number of rotatable bonds is 2. The largest absolute Gasteiger partial charge is 0.458 e. The zero-order chi connectivity index (χ0) is 28.4. The molecule has 13 atom stereocenters. The van der Waals surface area contributed by atoms with Crippen LogP contribution in [0.3, 0.4) is 0 Å². The summed E-state index contributed by atoms with van der Waals surface area (Å²) >= 11 is 0. The molecular formula is C30H40O10. The van der Waals surface area contributed by atoms with Gasteiger partial charge in [0.2, 0.25) is 12.1 Å². The van der Waals surface area contributed by atoms with E-state index in [-0.39, 0.29) is 30.3 Å². The number of aliphatic hydroxyl groups excluding tert-OH is 1. The quantitative estimate of drug-likeness (QED) is 0.336. The standard InChI is InChI=1S/C30H40O10/c1-14-9-21(36-4)30(35)26(38-14)39-19-11-16-5-6-18-23(27(16,2)12-20(19)40-30)24(32)25(33)28(3)17(7-8-29(18,28)34)15-10-22(31)37-13-15/h10-11,14,17-21,23,25-26,33-35H,5-9,12-13H2,1-4H3. The van der Waals surface area contributed by atoms with Crippen molar-refractivity contribution in [2.75, 3.05) is 13.7 Å². The van der Waals surface area contributed by atoms with Crippen molar-refractivity contribution in [1.29, 1.82) is 0 Å². The van der Waals surface area contributed by atoms with Crippen LogP contribution in [0.15, 0.2) is 23.3 Å². The first-order chi connectivity index (χ1) is 18.9. The molecule has 7 aliphatic rings. The molecule has 0 spiro atoms. The minimum atomic E-state index is -1.79. The van der Waals surface area contributed by atoms with Gasteiger partial charge in [0.05, 0.1) is 17.8 Å². The van der Waals surface area contributed by atoms with Crippen LogP contribution in [0.1, 0.15) is 59.3 Å². The number of methoxy groups -OCH3 is 1. The van der Waals surface area contributed by atoms with Crippen LogP contribution in [0.25, 0.3) is 0 Å². The van der Waals surface area contributed by atoms with Crippen molar-refractivity contribution in [3.8, 4) is 0 Å². The highest BCUT2D eigenvalue weighted by atomic mass is 16.8. The molecule has 0 aromatic rings. The second kappa shape index (κ2) is 8.69. The van der Waals surface area contributed by atoms with Crippen molar-refractivity contribution in [2.24, 2.45) is 28.6 Å². The number of hydrogen-bond donors (Lipinski definition) is 3. The van der Waals surface area contributed by atoms with E-state index >= 15 is 0 Å². The summed E-state index contributed by atoms with van der Waals surface area (Å²) in [5, 5.41) is 35.7. The lowest BCUT2D eigenvalue weighted by atomic mass is 9.43. The highest BCUT2D eigenvalue weighted by Gasteiger charge is 2.74. The Balaban J connectivity index is 1.24. The monoisotopic (exact) mass is 560 g/mol. The molecule has 0 aromatic heterocycles. The van der Waals surface area contributed by atoms with E-state index in [2.05, 4.69) is 0 Å². The van der Waals surface area contributed by atoms with Gasteiger partial charge in [-0.05, 0) is 56.4 Å². The summed E-state index contributed by atoms with van der Waals surface area (Å²) in [5.74, 6) is -3.83. The minimum Gasteiger partial charge on any atom is -0.458 e. The van der Waals surface area contributed by atoms with Crippen molar-refractivity contribution in [1.82, 2.24) is 0 Å². The predicted octanol–water partition coefficient (Wildman–Crippen LogP) is 1.55. The Morgan fingerprint density at radius 1 is 1.12 bits per heavy atom. The fourth-order valence-electron chi connectivity index (χ4n) is 9.81. The molecule has 4 aliphatic carbocycles. The van der Waals surface area contributed by atoms with Crippen LogP contribution >= 0.6 is 0 Å². The van der Waals surface area contributed by atoms with Crippen LogP contribution in [0.2, 0.25) is 0 Å². The third kappa shape index (κ3) is 3.30. The van der Waals surface area contributed by atoms with Crippen LogP contribution in [0.4, 0.5) is 0 Å². The summed E-state index contributed by atoms with van der Waals surface area (Å²) in [6.07, 6.45) is 2.30. The molecule has 3 heterocycles. The normalized spacial score (nSPS) is 55.2. The molecule has 13 unspecified atom stereocenters. The molecule has 0 amide bonds. The van der Waals surface area contributed by atoms with E-state index < -0.39 is 64.8 Å². The molecular weight excluding hydrogens is 520 g/mol. The maximum atomic E-state index is 14.3. The van der Waals surface area contributed by atoms with Crippen LogP contribution in [-0.4, -0.2) is 89.0 Å². The number of fused-ring (bicyclic) bond motifs is 7. The minimum absolute atomic E-state index is 0.129. The van der Waals surface area contributed by atoms with Crippen LogP contribution < -0.4 is 0 Å². The third-order valence-corrected chi connectivity index (χ3v) is 11.9. The molecule has 5 fully saturated rings. The maximum Gasteiger partial charge on any atom is 0.331 e. The summed E-state index contributed by atoms with van der Waals surface area (Å²) in [6, 6.07) is 0. The molecule has 7 rings (SSSR count). The van der Waals surface area contributed by atoms with Gasteiger partial charge in [-0.15, -0.1) is 0 Å². The number of carbonyl (C=O) groups excluding carboxylic acids is 2. The second-order valence-electron chi connectivity index (χ2n) is 13.6. The lowest BCUT2D eigenvalue weighted by molar-refractivity contribution is -0.450. The summed E-state index contributed by atoms with van der Waals surface area (Å²) in [5.41, 5.74) is -1.34. The van der Waals surface area contributed by atoms with Gasteiger partial charge in [0.15, 0.2) is 5.78 Å². The fourth-order valence-corrected chi connectivity index (χ4v) is 9.81. The molecule has 10 nitrogen and oxygen atoms in total. The SMILES string of the molecule is COC1CC(C)OC2OC3C=C4CCC5C(C(=O)C(O)C6(C)C(C7=CC(=O)OC7)CCC56O)C4(C)CC3OC12O. The van der Waals surface area contributed by atoms with Crippen molar-refractivity contribution in [3.63, 3.8) is 0 Å². The van der Waals surface area contributed by atoms with E-state index in [0.717, 1.165) is 11.1 Å². The van der Waals surface area contributed by atoms with Gasteiger partial charge in [-0.25, -0.2) is 4.79 Å². The molecule has 3 aliphatic heterocycles. The van der Waals surface area contributed by atoms with Gasteiger partial charge in [-0.1, -0.05) is 25.5 Å². The van der Waals surface area contributed by atoms with Crippen molar-refractivity contribution in [2.45, 2.75) is 107 Å². The number of Topliss-reactive ketones (excluding diaryl/α,β-unsaturated/α-hetero) is 1. The van der Waals surface area contributed by atoms with E-state index in [9.17, 15) is 24.9 Å². The lowest BCUT2D eigenvalue weighted by Crippen LogP contribution is -2.72. The molecule has 3 saturated carbocycles. The summed E-state index contributed by atoms with van der Waals surface area (Å²) in [4.78, 5) is 26.1. The van der Waals surface area contributed by atoms with Crippen molar-refractivity contribution in [3.05, 3.63) is 23.3 Å². The Morgan fingerprint density at radius 2 is 1.90 bits per heavy atom. The second-order valence-corrected chi connectivity index (χ2v) is 13.6. The van der Waals surface area contributed by atoms with Gasteiger partial charge >= 0.3 is 5.97 Å². The number of ketones is 1. The summed E-state index contributed by atoms with van der Waals surface area (Å²) in [6.45, 7) is 5.86. The van der Waals surface area contributed by atoms with Crippen LogP contribution in [0.5, 0.6) is 0 Å². The molecule has 10 heteroatoms. The zero-order valence-electron chi connectivity index (χ0n) is 23.5. The van der Waals surface area contributed by atoms with Crippen molar-refractivity contribution < 1.29 is 48.6 Å². The number of cyclic esters (lactones) is 1. The van der Waals surface area contributed by atoms with E-state index in [4.69, 9.17) is 23.7 Å². The van der Waals surface area contributed by atoms with Gasteiger partial charge < -0.3 is 39.0 Å². The Labute approximate surface area is 233 Å². The average Bonchev–Trinajstić information content (AvgIpc) is 3.45. The fraction of sp³-hybridized carbons (Fsp3) is 0.800. The van der Waals surface area contributed by atoms with Gasteiger partial charge in [0, 0.05) is 36.4 Å². The van der Waals surface area contributed by atoms with Gasteiger partial charge in [-0.3, -0.25) is 4.79 Å². The smallest absolute Gasteiger partial charge is 0.331 e.